The maximum absolute atomic E-state index is 14.5. The van der Waals surface area contributed by atoms with Crippen LogP contribution in [0.4, 0.5) is 21.7 Å². The van der Waals surface area contributed by atoms with Crippen LogP contribution in [0.25, 0.3) is 10.8 Å². The summed E-state index contributed by atoms with van der Waals surface area (Å²) in [7, 11) is 4.99. The van der Waals surface area contributed by atoms with E-state index < -0.39 is 12.1 Å². The zero-order chi connectivity index (χ0) is 28.8. The molecule has 214 valence electrons. The van der Waals surface area contributed by atoms with E-state index in [4.69, 9.17) is 14.2 Å². The number of likely N-dealkylation sites (N-methyl/N-ethyl adjacent to an activating group) is 1. The number of rotatable bonds is 10. The lowest BCUT2D eigenvalue weighted by molar-refractivity contribution is -0.0945. The summed E-state index contributed by atoms with van der Waals surface area (Å²) >= 11 is 0. The summed E-state index contributed by atoms with van der Waals surface area (Å²) in [5.41, 5.74) is 1.60. The summed E-state index contributed by atoms with van der Waals surface area (Å²) < 4.78 is 31.2. The molecule has 1 aliphatic rings. The smallest absolute Gasteiger partial charge is 0.255 e. The number of hydrogen-bond acceptors (Lipinski definition) is 8. The Morgan fingerprint density at radius 2 is 1.78 bits per heavy atom. The first-order chi connectivity index (χ1) is 19.9. The van der Waals surface area contributed by atoms with Crippen molar-refractivity contribution >= 4 is 34.0 Å². The highest BCUT2D eigenvalue weighted by Crippen LogP contribution is 2.34. The number of methoxy groups -OCH3 is 2. The van der Waals surface area contributed by atoms with Crippen molar-refractivity contribution in [3.05, 3.63) is 78.2 Å². The van der Waals surface area contributed by atoms with Crippen LogP contribution in [0, 0.1) is 5.82 Å². The average molecular weight is 560 g/mol. The molecule has 2 heterocycles. The van der Waals surface area contributed by atoms with Crippen LogP contribution in [-0.2, 0) is 9.47 Å². The van der Waals surface area contributed by atoms with E-state index >= 15 is 0 Å². The van der Waals surface area contributed by atoms with Crippen LogP contribution in [0.2, 0.25) is 0 Å². The zero-order valence-electron chi connectivity index (χ0n) is 23.5. The second kappa shape index (κ2) is 12.9. The fourth-order valence-electron chi connectivity index (χ4n) is 4.94. The molecular weight excluding hydrogens is 525 g/mol. The highest BCUT2D eigenvalue weighted by molar-refractivity contribution is 6.10. The summed E-state index contributed by atoms with van der Waals surface area (Å²) in [6.07, 6.45) is 4.49. The number of carbonyl (C=O) groups excluding carboxylic acids is 1. The van der Waals surface area contributed by atoms with E-state index in [9.17, 15) is 9.18 Å². The Morgan fingerprint density at radius 1 is 1.02 bits per heavy atom. The molecule has 1 saturated heterocycles. The van der Waals surface area contributed by atoms with Gasteiger partial charge >= 0.3 is 0 Å². The number of aromatic nitrogens is 2. The molecule has 5 rings (SSSR count). The minimum absolute atomic E-state index is 0.275. The SMILES string of the molecule is COC(CN(C)c1nccc(Oc2ccc(NC(=O)c3cc(F)cc(N4CCCCC4)c3)c3ccccc23)n1)OC. The summed E-state index contributed by atoms with van der Waals surface area (Å²) in [4.78, 5) is 26.1. The van der Waals surface area contributed by atoms with Gasteiger partial charge in [-0.2, -0.15) is 4.98 Å². The van der Waals surface area contributed by atoms with Gasteiger partial charge in [-0.1, -0.05) is 24.3 Å². The molecule has 41 heavy (non-hydrogen) atoms. The van der Waals surface area contributed by atoms with Gasteiger partial charge in [0.2, 0.25) is 11.8 Å². The third-order valence-electron chi connectivity index (χ3n) is 7.12. The van der Waals surface area contributed by atoms with Gasteiger partial charge in [-0.15, -0.1) is 0 Å². The Kier molecular flexibility index (Phi) is 8.91. The summed E-state index contributed by atoms with van der Waals surface area (Å²) in [6, 6.07) is 17.3. The number of halogens is 1. The molecule has 0 aliphatic carbocycles. The number of amides is 1. The molecule has 3 aromatic carbocycles. The van der Waals surface area contributed by atoms with E-state index in [0.717, 1.165) is 42.4 Å². The van der Waals surface area contributed by atoms with E-state index in [-0.39, 0.29) is 11.5 Å². The molecule has 9 nitrogen and oxygen atoms in total. The van der Waals surface area contributed by atoms with Crippen LogP contribution in [0.1, 0.15) is 29.6 Å². The Balaban J connectivity index is 1.37. The van der Waals surface area contributed by atoms with Gasteiger partial charge in [0.05, 0.1) is 6.54 Å². The predicted octanol–water partition coefficient (Wildman–Crippen LogP) is 5.86. The highest BCUT2D eigenvalue weighted by atomic mass is 19.1. The Bertz CT molecular complexity index is 1510. The van der Waals surface area contributed by atoms with E-state index in [2.05, 4.69) is 20.2 Å². The number of piperidine rings is 1. The van der Waals surface area contributed by atoms with Crippen molar-refractivity contribution < 1.29 is 23.4 Å². The predicted molar refractivity (Wildman–Crippen MR) is 158 cm³/mol. The summed E-state index contributed by atoms with van der Waals surface area (Å²) in [5.74, 6) is 0.571. The molecule has 1 N–H and O–H groups in total. The lowest BCUT2D eigenvalue weighted by Gasteiger charge is -2.29. The molecule has 0 bridgehead atoms. The second-order valence-electron chi connectivity index (χ2n) is 9.94. The topological polar surface area (TPSA) is 89.1 Å². The number of ether oxygens (including phenoxy) is 3. The molecule has 10 heteroatoms. The standard InChI is InChI=1S/C31H34FN5O4/c1-36(20-29(39-2)40-3)31-33-14-13-28(35-31)41-27-12-11-26(24-9-5-6-10-25(24)27)34-30(38)21-17-22(32)19-23(18-21)37-15-7-4-8-16-37/h5-6,9-14,17-19,29H,4,7-8,15-16,20H2,1-3H3,(H,34,38). The number of fused-ring (bicyclic) bond motifs is 1. The zero-order valence-corrected chi connectivity index (χ0v) is 23.5. The number of anilines is 3. The Labute approximate surface area is 238 Å². The van der Waals surface area contributed by atoms with Crippen molar-refractivity contribution in [3.63, 3.8) is 0 Å². The van der Waals surface area contributed by atoms with Crippen LogP contribution in [0.15, 0.2) is 66.9 Å². The minimum Gasteiger partial charge on any atom is -0.438 e. The lowest BCUT2D eigenvalue weighted by atomic mass is 10.1. The summed E-state index contributed by atoms with van der Waals surface area (Å²) in [5, 5.41) is 4.53. The maximum atomic E-state index is 14.5. The first kappa shape index (κ1) is 28.3. The number of benzene rings is 3. The van der Waals surface area contributed by atoms with Crippen molar-refractivity contribution in [2.75, 3.05) is 56.0 Å². The molecule has 0 spiro atoms. The molecule has 0 radical (unpaired) electrons. The Morgan fingerprint density at radius 3 is 2.54 bits per heavy atom. The fraction of sp³-hybridized carbons (Fsp3) is 0.323. The number of nitrogens with one attached hydrogen (secondary N) is 1. The number of nitrogens with zero attached hydrogens (tertiary/aromatic N) is 4. The Hall–Kier alpha value is -4.28. The van der Waals surface area contributed by atoms with Gasteiger partial charge in [-0.3, -0.25) is 4.79 Å². The van der Waals surface area contributed by atoms with Gasteiger partial charge < -0.3 is 29.3 Å². The van der Waals surface area contributed by atoms with Gasteiger partial charge in [0.15, 0.2) is 6.29 Å². The van der Waals surface area contributed by atoms with Gasteiger partial charge in [0.25, 0.3) is 5.91 Å². The van der Waals surface area contributed by atoms with Crippen LogP contribution in [-0.4, -0.2) is 63.1 Å². The molecule has 0 saturated carbocycles. The van der Waals surface area contributed by atoms with Gasteiger partial charge in [-0.05, 0) is 49.6 Å². The molecular formula is C31H34FN5O4. The summed E-state index contributed by atoms with van der Waals surface area (Å²) in [6.45, 7) is 2.15. The van der Waals surface area contributed by atoms with Crippen LogP contribution >= 0.6 is 0 Å². The second-order valence-corrected chi connectivity index (χ2v) is 9.94. The minimum atomic E-state index is -0.429. The molecule has 1 amide bonds. The van der Waals surface area contributed by atoms with Gasteiger partial charge in [-0.25, -0.2) is 9.37 Å². The van der Waals surface area contributed by atoms with E-state index in [1.807, 2.05) is 36.2 Å². The average Bonchev–Trinajstić information content (AvgIpc) is 3.01. The van der Waals surface area contributed by atoms with E-state index in [0.29, 0.717) is 29.8 Å². The van der Waals surface area contributed by atoms with E-state index in [1.54, 1.807) is 44.7 Å². The molecule has 1 aliphatic heterocycles. The molecule has 1 aromatic heterocycles. The van der Waals surface area contributed by atoms with Crippen molar-refractivity contribution in [1.82, 2.24) is 9.97 Å². The molecule has 0 atom stereocenters. The van der Waals surface area contributed by atoms with Crippen LogP contribution in [0.5, 0.6) is 11.6 Å². The van der Waals surface area contributed by atoms with Crippen molar-refractivity contribution in [2.24, 2.45) is 0 Å². The van der Waals surface area contributed by atoms with E-state index in [1.165, 1.54) is 18.6 Å². The normalized spacial score (nSPS) is 13.4. The molecule has 0 unspecified atom stereocenters. The third-order valence-corrected chi connectivity index (χ3v) is 7.12. The van der Waals surface area contributed by atoms with Crippen molar-refractivity contribution in [3.8, 4) is 11.6 Å². The lowest BCUT2D eigenvalue weighted by Crippen LogP contribution is -2.32. The highest BCUT2D eigenvalue weighted by Gasteiger charge is 2.18. The molecule has 4 aromatic rings. The largest absolute Gasteiger partial charge is 0.438 e. The monoisotopic (exact) mass is 559 g/mol. The first-order valence-corrected chi connectivity index (χ1v) is 13.6. The fourth-order valence-corrected chi connectivity index (χ4v) is 4.94. The van der Waals surface area contributed by atoms with Crippen molar-refractivity contribution in [2.45, 2.75) is 25.6 Å². The third kappa shape index (κ3) is 6.72. The first-order valence-electron chi connectivity index (χ1n) is 13.6. The van der Waals surface area contributed by atoms with Gasteiger partial charge in [0.1, 0.15) is 11.6 Å². The van der Waals surface area contributed by atoms with Crippen LogP contribution < -0.4 is 19.9 Å². The van der Waals surface area contributed by atoms with Crippen LogP contribution in [0.3, 0.4) is 0 Å². The quantitative estimate of drug-likeness (QED) is 0.242. The van der Waals surface area contributed by atoms with Crippen molar-refractivity contribution in [1.29, 1.82) is 0 Å². The maximum Gasteiger partial charge on any atom is 0.255 e. The number of carbonyl (C=O) groups is 1. The van der Waals surface area contributed by atoms with Gasteiger partial charge in [0, 0.05) is 74.3 Å². The molecule has 1 fully saturated rings. The number of hydrogen-bond donors (Lipinski definition) is 1.